The average Bonchev–Trinajstić information content (AvgIpc) is 2.79. The van der Waals surface area contributed by atoms with Gasteiger partial charge in [-0.1, -0.05) is 0 Å². The maximum Gasteiger partial charge on any atom is 0.255 e. The number of halogens is 2. The van der Waals surface area contributed by atoms with E-state index in [1.807, 2.05) is 18.2 Å². The summed E-state index contributed by atoms with van der Waals surface area (Å²) in [5.41, 5.74) is 1.99. The smallest absolute Gasteiger partial charge is 0.255 e. The SMILES string of the molecule is COc1ccc2nc(C)c(C(=O)N3CCN(C(=O)c4ccc(F)c(F)c4)CC3)cc2c1. The van der Waals surface area contributed by atoms with Gasteiger partial charge in [0.15, 0.2) is 11.6 Å². The zero-order valence-corrected chi connectivity index (χ0v) is 17.2. The molecule has 1 aliphatic heterocycles. The number of piperazine rings is 1. The molecule has 1 aliphatic rings. The van der Waals surface area contributed by atoms with E-state index in [4.69, 9.17) is 4.74 Å². The zero-order chi connectivity index (χ0) is 22.1. The Morgan fingerprint density at radius 1 is 0.903 bits per heavy atom. The zero-order valence-electron chi connectivity index (χ0n) is 17.2. The van der Waals surface area contributed by atoms with Gasteiger partial charge in [0.1, 0.15) is 5.75 Å². The van der Waals surface area contributed by atoms with Gasteiger partial charge in [-0.3, -0.25) is 14.6 Å². The van der Waals surface area contributed by atoms with Crippen LogP contribution in [0.3, 0.4) is 0 Å². The van der Waals surface area contributed by atoms with Crippen molar-refractivity contribution >= 4 is 22.7 Å². The Morgan fingerprint density at radius 3 is 2.23 bits per heavy atom. The van der Waals surface area contributed by atoms with Crippen LogP contribution in [0.5, 0.6) is 5.75 Å². The maximum absolute atomic E-state index is 13.4. The number of amides is 2. The summed E-state index contributed by atoms with van der Waals surface area (Å²) in [5.74, 6) is -1.92. The summed E-state index contributed by atoms with van der Waals surface area (Å²) in [6.07, 6.45) is 0. The van der Waals surface area contributed by atoms with Crippen molar-refractivity contribution in [2.24, 2.45) is 0 Å². The van der Waals surface area contributed by atoms with Crippen molar-refractivity contribution in [2.75, 3.05) is 33.3 Å². The number of hydrogen-bond acceptors (Lipinski definition) is 4. The monoisotopic (exact) mass is 425 g/mol. The lowest BCUT2D eigenvalue weighted by Crippen LogP contribution is -2.50. The average molecular weight is 425 g/mol. The Hall–Kier alpha value is -3.55. The molecule has 0 unspecified atom stereocenters. The Balaban J connectivity index is 1.48. The fourth-order valence-electron chi connectivity index (χ4n) is 3.69. The predicted octanol–water partition coefficient (Wildman–Crippen LogP) is 3.43. The molecule has 0 aliphatic carbocycles. The Kier molecular flexibility index (Phi) is 5.54. The number of aromatic nitrogens is 1. The number of hydrogen-bond donors (Lipinski definition) is 0. The van der Waals surface area contributed by atoms with Crippen molar-refractivity contribution in [1.29, 1.82) is 0 Å². The summed E-state index contributed by atoms with van der Waals surface area (Å²) in [7, 11) is 1.58. The first kappa shape index (κ1) is 20.7. The highest BCUT2D eigenvalue weighted by Crippen LogP contribution is 2.23. The van der Waals surface area contributed by atoms with Crippen molar-refractivity contribution in [1.82, 2.24) is 14.8 Å². The third-order valence-corrected chi connectivity index (χ3v) is 5.46. The minimum absolute atomic E-state index is 0.0854. The van der Waals surface area contributed by atoms with Crippen LogP contribution in [-0.2, 0) is 0 Å². The Morgan fingerprint density at radius 2 is 1.58 bits per heavy atom. The maximum atomic E-state index is 13.4. The number of nitrogens with zero attached hydrogens (tertiary/aromatic N) is 3. The van der Waals surface area contributed by atoms with E-state index in [1.165, 1.54) is 11.0 Å². The first-order valence-electron chi connectivity index (χ1n) is 9.86. The molecule has 0 spiro atoms. The van der Waals surface area contributed by atoms with E-state index >= 15 is 0 Å². The second-order valence-corrected chi connectivity index (χ2v) is 7.39. The lowest BCUT2D eigenvalue weighted by Gasteiger charge is -2.35. The van der Waals surface area contributed by atoms with Crippen molar-refractivity contribution in [3.8, 4) is 5.75 Å². The van der Waals surface area contributed by atoms with Crippen molar-refractivity contribution in [3.05, 3.63) is 70.9 Å². The van der Waals surface area contributed by atoms with E-state index in [0.29, 0.717) is 43.2 Å². The minimum atomic E-state index is -1.06. The number of rotatable bonds is 3. The van der Waals surface area contributed by atoms with E-state index in [1.54, 1.807) is 25.0 Å². The molecule has 0 atom stereocenters. The predicted molar refractivity (Wildman–Crippen MR) is 111 cm³/mol. The van der Waals surface area contributed by atoms with Crippen LogP contribution in [0.1, 0.15) is 26.4 Å². The second kappa shape index (κ2) is 8.29. The summed E-state index contributed by atoms with van der Waals surface area (Å²) in [5, 5.41) is 0.806. The Labute approximate surface area is 178 Å². The molecule has 3 aromatic rings. The molecule has 0 radical (unpaired) electrons. The van der Waals surface area contributed by atoms with Gasteiger partial charge in [-0.25, -0.2) is 8.78 Å². The van der Waals surface area contributed by atoms with Crippen molar-refractivity contribution in [2.45, 2.75) is 6.92 Å². The van der Waals surface area contributed by atoms with Crippen LogP contribution in [0.2, 0.25) is 0 Å². The van der Waals surface area contributed by atoms with E-state index in [-0.39, 0.29) is 17.4 Å². The molecule has 2 aromatic carbocycles. The molecule has 31 heavy (non-hydrogen) atoms. The summed E-state index contributed by atoms with van der Waals surface area (Å²) in [6, 6.07) is 10.4. The molecule has 1 saturated heterocycles. The van der Waals surface area contributed by atoms with E-state index in [2.05, 4.69) is 4.98 Å². The molecule has 4 rings (SSSR count). The largest absolute Gasteiger partial charge is 0.497 e. The summed E-state index contributed by atoms with van der Waals surface area (Å²) in [6.45, 7) is 3.07. The number of carbonyl (C=O) groups is 2. The number of fused-ring (bicyclic) bond motifs is 1. The fraction of sp³-hybridized carbons (Fsp3) is 0.261. The van der Waals surface area contributed by atoms with Gasteiger partial charge in [0.2, 0.25) is 0 Å². The molecule has 8 heteroatoms. The molecule has 2 heterocycles. The van der Waals surface area contributed by atoms with E-state index < -0.39 is 11.6 Å². The van der Waals surface area contributed by atoms with E-state index in [9.17, 15) is 18.4 Å². The first-order valence-corrected chi connectivity index (χ1v) is 9.86. The van der Waals surface area contributed by atoms with Crippen LogP contribution >= 0.6 is 0 Å². The third-order valence-electron chi connectivity index (χ3n) is 5.46. The van der Waals surface area contributed by atoms with Gasteiger partial charge in [0.05, 0.1) is 23.9 Å². The Bertz CT molecular complexity index is 1170. The highest BCUT2D eigenvalue weighted by Gasteiger charge is 2.27. The summed E-state index contributed by atoms with van der Waals surface area (Å²) >= 11 is 0. The third kappa shape index (κ3) is 4.05. The van der Waals surface area contributed by atoms with Gasteiger partial charge < -0.3 is 14.5 Å². The van der Waals surface area contributed by atoms with Gasteiger partial charge in [-0.2, -0.15) is 0 Å². The van der Waals surface area contributed by atoms with Crippen LogP contribution in [-0.4, -0.2) is 59.9 Å². The summed E-state index contributed by atoms with van der Waals surface area (Å²) < 4.78 is 31.8. The normalized spacial score (nSPS) is 14.1. The molecule has 1 fully saturated rings. The molecule has 0 bridgehead atoms. The number of methoxy groups -OCH3 is 1. The number of benzene rings is 2. The lowest BCUT2D eigenvalue weighted by molar-refractivity contribution is 0.0534. The molecule has 2 amide bonds. The van der Waals surface area contributed by atoms with Crippen LogP contribution in [0.4, 0.5) is 8.78 Å². The number of pyridine rings is 1. The van der Waals surface area contributed by atoms with Crippen LogP contribution in [0.15, 0.2) is 42.5 Å². The first-order chi connectivity index (χ1) is 14.9. The molecule has 0 N–H and O–H groups in total. The standard InChI is InChI=1S/C23H21F2N3O3/c1-14-18(12-16-11-17(31-2)4-6-21(16)26-14)23(30)28-9-7-27(8-10-28)22(29)15-3-5-19(24)20(25)13-15/h3-6,11-13H,7-10H2,1-2H3. The summed E-state index contributed by atoms with van der Waals surface area (Å²) in [4.78, 5) is 33.4. The van der Waals surface area contributed by atoms with Gasteiger partial charge in [0, 0.05) is 37.1 Å². The highest BCUT2D eigenvalue weighted by atomic mass is 19.2. The van der Waals surface area contributed by atoms with Gasteiger partial charge in [-0.15, -0.1) is 0 Å². The second-order valence-electron chi connectivity index (χ2n) is 7.39. The fourth-order valence-corrected chi connectivity index (χ4v) is 3.69. The molecular weight excluding hydrogens is 404 g/mol. The number of carbonyl (C=O) groups excluding carboxylic acids is 2. The van der Waals surface area contributed by atoms with Crippen LogP contribution < -0.4 is 4.74 Å². The van der Waals surface area contributed by atoms with Gasteiger partial charge in [0.25, 0.3) is 11.8 Å². The number of ether oxygens (including phenoxy) is 1. The van der Waals surface area contributed by atoms with Crippen molar-refractivity contribution in [3.63, 3.8) is 0 Å². The molecular formula is C23H21F2N3O3. The van der Waals surface area contributed by atoms with Crippen LogP contribution in [0, 0.1) is 18.6 Å². The topological polar surface area (TPSA) is 62.7 Å². The quantitative estimate of drug-likeness (QED) is 0.645. The number of aryl methyl sites for hydroxylation is 1. The van der Waals surface area contributed by atoms with E-state index in [0.717, 1.165) is 23.0 Å². The van der Waals surface area contributed by atoms with Gasteiger partial charge in [-0.05, 0) is 49.4 Å². The minimum Gasteiger partial charge on any atom is -0.497 e. The van der Waals surface area contributed by atoms with Gasteiger partial charge >= 0.3 is 0 Å². The van der Waals surface area contributed by atoms with Crippen LogP contribution in [0.25, 0.3) is 10.9 Å². The molecule has 6 nitrogen and oxygen atoms in total. The molecule has 0 saturated carbocycles. The molecule has 1 aromatic heterocycles. The van der Waals surface area contributed by atoms with Crippen molar-refractivity contribution < 1.29 is 23.1 Å². The molecule has 160 valence electrons. The lowest BCUT2D eigenvalue weighted by atomic mass is 10.1. The highest BCUT2D eigenvalue weighted by molar-refractivity contribution is 5.99.